The minimum atomic E-state index is -3.78. The molecule has 0 spiro atoms. The Balaban J connectivity index is 1.40. The van der Waals surface area contributed by atoms with Gasteiger partial charge in [-0.15, -0.1) is 11.3 Å². The summed E-state index contributed by atoms with van der Waals surface area (Å²) < 4.78 is 31.0. The molecule has 3 rings (SSSR count). The minimum absolute atomic E-state index is 0.0112. The molecule has 1 aromatic carbocycles. The number of anilines is 1. The van der Waals surface area contributed by atoms with E-state index in [9.17, 15) is 28.1 Å². The highest BCUT2D eigenvalue weighted by molar-refractivity contribution is 7.91. The van der Waals surface area contributed by atoms with Crippen LogP contribution in [0.25, 0.3) is 0 Å². The Labute approximate surface area is 182 Å². The van der Waals surface area contributed by atoms with Crippen molar-refractivity contribution >= 4 is 44.6 Å². The molecule has 0 aliphatic carbocycles. The second-order valence-corrected chi connectivity index (χ2v) is 9.50. The molecule has 0 saturated carbocycles. The van der Waals surface area contributed by atoms with Gasteiger partial charge in [-0.2, -0.15) is 4.72 Å². The molecule has 2 aromatic rings. The summed E-state index contributed by atoms with van der Waals surface area (Å²) in [5, 5.41) is 12.3. The Kier molecular flexibility index (Phi) is 7.20. The standard InChI is InChI=1S/C18H20N4O7S2/c23-16(13-29-17(24)12-19-31(27,28)18-2-1-11-30-18)21-9-7-20(8-10-21)14-3-5-15(6-4-14)22(25)26/h1-6,11,19H,7-10,12-13H2. The number of carbonyl (C=O) groups is 2. The number of amides is 1. The van der Waals surface area contributed by atoms with Gasteiger partial charge in [-0.25, -0.2) is 8.42 Å². The Hall–Kier alpha value is -3.03. The lowest BCUT2D eigenvalue weighted by Crippen LogP contribution is -2.50. The summed E-state index contributed by atoms with van der Waals surface area (Å²) in [6.07, 6.45) is 0. The highest BCUT2D eigenvalue weighted by Crippen LogP contribution is 2.20. The Bertz CT molecular complexity index is 1030. The van der Waals surface area contributed by atoms with Crippen molar-refractivity contribution in [3.8, 4) is 0 Å². The second kappa shape index (κ2) is 9.85. The van der Waals surface area contributed by atoms with E-state index in [1.54, 1.807) is 28.5 Å². The van der Waals surface area contributed by atoms with E-state index in [1.807, 2.05) is 4.90 Å². The van der Waals surface area contributed by atoms with Gasteiger partial charge in [-0.05, 0) is 23.6 Å². The van der Waals surface area contributed by atoms with Crippen molar-refractivity contribution in [2.75, 3.05) is 44.2 Å². The lowest BCUT2D eigenvalue weighted by atomic mass is 10.2. The number of nitrogens with zero attached hydrogens (tertiary/aromatic N) is 3. The third kappa shape index (κ3) is 5.99. The van der Waals surface area contributed by atoms with E-state index in [1.165, 1.54) is 18.2 Å². The summed E-state index contributed by atoms with van der Waals surface area (Å²) in [5.41, 5.74) is 0.833. The number of sulfonamides is 1. The zero-order valence-corrected chi connectivity index (χ0v) is 17.9. The fourth-order valence-electron chi connectivity index (χ4n) is 2.93. The van der Waals surface area contributed by atoms with Crippen LogP contribution in [0, 0.1) is 10.1 Å². The number of esters is 1. The van der Waals surface area contributed by atoms with Crippen molar-refractivity contribution in [3.05, 3.63) is 51.9 Å². The number of non-ortho nitro benzene ring substituents is 1. The van der Waals surface area contributed by atoms with Crippen molar-refractivity contribution in [2.24, 2.45) is 0 Å². The van der Waals surface area contributed by atoms with E-state index in [2.05, 4.69) is 4.72 Å². The fraction of sp³-hybridized carbons (Fsp3) is 0.333. The predicted octanol–water partition coefficient (Wildman–Crippen LogP) is 0.827. The first-order chi connectivity index (χ1) is 14.8. The van der Waals surface area contributed by atoms with Crippen LogP contribution in [-0.4, -0.2) is 69.4 Å². The molecule has 1 fully saturated rings. The zero-order valence-electron chi connectivity index (χ0n) is 16.3. The van der Waals surface area contributed by atoms with Gasteiger partial charge in [0.15, 0.2) is 6.61 Å². The summed E-state index contributed by atoms with van der Waals surface area (Å²) in [6.45, 7) is 0.811. The van der Waals surface area contributed by atoms with Crippen molar-refractivity contribution in [1.82, 2.24) is 9.62 Å². The first-order valence-electron chi connectivity index (χ1n) is 9.22. The van der Waals surface area contributed by atoms with Gasteiger partial charge in [0.2, 0.25) is 0 Å². The number of nitro groups is 1. The molecule has 31 heavy (non-hydrogen) atoms. The van der Waals surface area contributed by atoms with Crippen molar-refractivity contribution in [1.29, 1.82) is 0 Å². The second-order valence-electron chi connectivity index (χ2n) is 6.56. The maximum absolute atomic E-state index is 12.3. The van der Waals surface area contributed by atoms with Crippen LogP contribution in [0.1, 0.15) is 0 Å². The van der Waals surface area contributed by atoms with Gasteiger partial charge in [0.1, 0.15) is 10.8 Å². The summed E-state index contributed by atoms with van der Waals surface area (Å²) >= 11 is 1.02. The number of rotatable bonds is 8. The third-order valence-corrected chi connectivity index (χ3v) is 7.38. The van der Waals surface area contributed by atoms with E-state index < -0.39 is 34.1 Å². The topological polar surface area (TPSA) is 139 Å². The molecule has 166 valence electrons. The van der Waals surface area contributed by atoms with Crippen molar-refractivity contribution in [2.45, 2.75) is 4.21 Å². The molecule has 11 nitrogen and oxygen atoms in total. The maximum Gasteiger partial charge on any atom is 0.321 e. The lowest BCUT2D eigenvalue weighted by Gasteiger charge is -2.36. The number of nitrogens with one attached hydrogen (secondary N) is 1. The van der Waals surface area contributed by atoms with Crippen LogP contribution in [0.4, 0.5) is 11.4 Å². The van der Waals surface area contributed by atoms with Gasteiger partial charge in [-0.1, -0.05) is 6.07 Å². The van der Waals surface area contributed by atoms with Crippen molar-refractivity contribution in [3.63, 3.8) is 0 Å². The number of ether oxygens (including phenoxy) is 1. The molecule has 1 amide bonds. The number of thiophene rings is 1. The quantitative estimate of drug-likeness (QED) is 0.341. The summed E-state index contributed by atoms with van der Waals surface area (Å²) in [4.78, 5) is 37.9. The Morgan fingerprint density at radius 1 is 1.13 bits per heavy atom. The van der Waals surface area contributed by atoms with E-state index >= 15 is 0 Å². The van der Waals surface area contributed by atoms with Gasteiger partial charge in [0.05, 0.1) is 4.92 Å². The molecule has 2 heterocycles. The van der Waals surface area contributed by atoms with E-state index in [-0.39, 0.29) is 15.8 Å². The predicted molar refractivity (Wildman–Crippen MR) is 112 cm³/mol. The highest BCUT2D eigenvalue weighted by Gasteiger charge is 2.23. The largest absolute Gasteiger partial charge is 0.455 e. The molecular formula is C18H20N4O7S2. The monoisotopic (exact) mass is 468 g/mol. The van der Waals surface area contributed by atoms with Gasteiger partial charge >= 0.3 is 5.97 Å². The molecule has 1 aromatic heterocycles. The summed E-state index contributed by atoms with van der Waals surface area (Å²) in [7, 11) is -3.78. The number of nitro benzene ring substituents is 1. The Morgan fingerprint density at radius 3 is 2.39 bits per heavy atom. The normalized spacial score (nSPS) is 14.3. The summed E-state index contributed by atoms with van der Waals surface area (Å²) in [6, 6.07) is 9.18. The maximum atomic E-state index is 12.3. The van der Waals surface area contributed by atoms with Crippen molar-refractivity contribution < 1.29 is 27.7 Å². The van der Waals surface area contributed by atoms with Crippen LogP contribution in [0.2, 0.25) is 0 Å². The van der Waals surface area contributed by atoms with Gasteiger partial charge in [0.25, 0.3) is 21.6 Å². The van der Waals surface area contributed by atoms with Crippen LogP contribution < -0.4 is 9.62 Å². The molecule has 1 aliphatic heterocycles. The average Bonchev–Trinajstić information content (AvgIpc) is 3.32. The summed E-state index contributed by atoms with van der Waals surface area (Å²) in [5.74, 6) is -1.23. The van der Waals surface area contributed by atoms with E-state index in [0.29, 0.717) is 26.2 Å². The third-order valence-electron chi connectivity index (χ3n) is 4.58. The molecule has 1 saturated heterocycles. The highest BCUT2D eigenvalue weighted by atomic mass is 32.2. The van der Waals surface area contributed by atoms with E-state index in [0.717, 1.165) is 17.0 Å². The number of hydrogen-bond donors (Lipinski definition) is 1. The molecule has 0 bridgehead atoms. The van der Waals surface area contributed by atoms with Gasteiger partial charge in [-0.3, -0.25) is 19.7 Å². The zero-order chi connectivity index (χ0) is 22.4. The number of benzene rings is 1. The minimum Gasteiger partial charge on any atom is -0.455 e. The van der Waals surface area contributed by atoms with Crippen LogP contribution in [0.15, 0.2) is 46.0 Å². The smallest absolute Gasteiger partial charge is 0.321 e. The van der Waals surface area contributed by atoms with Gasteiger partial charge < -0.3 is 14.5 Å². The number of carbonyl (C=O) groups excluding carboxylic acids is 2. The molecule has 0 radical (unpaired) electrons. The average molecular weight is 469 g/mol. The van der Waals surface area contributed by atoms with E-state index in [4.69, 9.17) is 4.74 Å². The molecule has 13 heteroatoms. The van der Waals surface area contributed by atoms with Crippen LogP contribution in [-0.2, 0) is 24.3 Å². The molecular weight excluding hydrogens is 448 g/mol. The van der Waals surface area contributed by atoms with Crippen LogP contribution in [0.3, 0.4) is 0 Å². The molecule has 0 atom stereocenters. The number of piperazine rings is 1. The molecule has 0 unspecified atom stereocenters. The fourth-order valence-corrected chi connectivity index (χ4v) is 4.93. The number of hydrogen-bond acceptors (Lipinski definition) is 9. The molecule has 1 N–H and O–H groups in total. The first-order valence-corrected chi connectivity index (χ1v) is 11.6. The Morgan fingerprint density at radius 2 is 1.81 bits per heavy atom. The van der Waals surface area contributed by atoms with Gasteiger partial charge in [0, 0.05) is 44.0 Å². The lowest BCUT2D eigenvalue weighted by molar-refractivity contribution is -0.384. The molecule has 1 aliphatic rings. The van der Waals surface area contributed by atoms with Crippen LogP contribution in [0.5, 0.6) is 0 Å². The SMILES string of the molecule is O=C(CNS(=O)(=O)c1cccs1)OCC(=O)N1CCN(c2ccc([N+](=O)[O-])cc2)CC1. The first kappa shape index (κ1) is 22.7. The van der Waals surface area contributed by atoms with Crippen LogP contribution >= 0.6 is 11.3 Å².